The number of ether oxygens (including phenoxy) is 1. The largest absolute Gasteiger partial charge is 0.464 e. The van der Waals surface area contributed by atoms with E-state index >= 15 is 0 Å². The van der Waals surface area contributed by atoms with E-state index < -0.39 is 0 Å². The van der Waals surface area contributed by atoms with Gasteiger partial charge in [-0.2, -0.15) is 20.2 Å². The lowest BCUT2D eigenvalue weighted by Crippen LogP contribution is -2.04. The molecule has 0 radical (unpaired) electrons. The van der Waals surface area contributed by atoms with E-state index in [9.17, 15) is 0 Å². The predicted octanol–water partition coefficient (Wildman–Crippen LogP) is 2.85. The van der Waals surface area contributed by atoms with Crippen molar-refractivity contribution in [3.8, 4) is 12.1 Å². The number of hydrogen-bond acceptors (Lipinski definition) is 6. The van der Waals surface area contributed by atoms with Crippen molar-refractivity contribution in [3.63, 3.8) is 0 Å². The molecule has 0 aliphatic heterocycles. The highest BCUT2D eigenvalue weighted by atomic mass is 35.5. The van der Waals surface area contributed by atoms with Crippen LogP contribution in [0.2, 0.25) is 5.28 Å². The fraction of sp³-hybridized carbons (Fsp3) is 0.231. The third kappa shape index (κ3) is 3.33. The Hall–Kier alpha value is -2.39. The summed E-state index contributed by atoms with van der Waals surface area (Å²) >= 11 is 5.82. The molecule has 2 rings (SSSR count). The normalized spacial score (nSPS) is 9.90. The van der Waals surface area contributed by atoms with E-state index in [0.717, 1.165) is 11.3 Å². The summed E-state index contributed by atoms with van der Waals surface area (Å²) in [5, 5.41) is 12.0. The van der Waals surface area contributed by atoms with E-state index in [1.54, 1.807) is 12.1 Å². The molecule has 1 heterocycles. The van der Waals surface area contributed by atoms with Gasteiger partial charge in [-0.15, -0.1) is 0 Å². The lowest BCUT2D eigenvalue weighted by Gasteiger charge is -2.09. The summed E-state index contributed by atoms with van der Waals surface area (Å²) < 4.78 is 5.20. The maximum Gasteiger partial charge on any atom is 0.322 e. The molecule has 0 atom stereocenters. The summed E-state index contributed by atoms with van der Waals surface area (Å²) in [5.74, 6) is 0.270. The van der Waals surface area contributed by atoms with Gasteiger partial charge >= 0.3 is 6.01 Å². The van der Waals surface area contributed by atoms with Gasteiger partial charge in [0.2, 0.25) is 11.2 Å². The average molecular weight is 290 g/mol. The van der Waals surface area contributed by atoms with Gasteiger partial charge in [-0.05, 0) is 43.1 Å². The lowest BCUT2D eigenvalue weighted by atomic mass is 10.1. The summed E-state index contributed by atoms with van der Waals surface area (Å²) in [5.41, 5.74) is 2.23. The Morgan fingerprint density at radius 1 is 1.35 bits per heavy atom. The Morgan fingerprint density at radius 2 is 2.15 bits per heavy atom. The molecule has 0 amide bonds. The third-order valence-corrected chi connectivity index (χ3v) is 2.64. The molecule has 0 aliphatic rings. The van der Waals surface area contributed by atoms with Gasteiger partial charge in [0.1, 0.15) is 0 Å². The Kier molecular flexibility index (Phi) is 4.33. The van der Waals surface area contributed by atoms with Gasteiger partial charge in [0.05, 0.1) is 18.2 Å². The van der Waals surface area contributed by atoms with Crippen LogP contribution in [0.15, 0.2) is 18.2 Å². The van der Waals surface area contributed by atoms with Crippen molar-refractivity contribution < 1.29 is 4.74 Å². The fourth-order valence-corrected chi connectivity index (χ4v) is 1.68. The van der Waals surface area contributed by atoms with Crippen LogP contribution in [0.5, 0.6) is 6.01 Å². The van der Waals surface area contributed by atoms with Crippen LogP contribution in [0.25, 0.3) is 0 Å². The minimum atomic E-state index is 0.0417. The summed E-state index contributed by atoms with van der Waals surface area (Å²) in [6.07, 6.45) is 0. The molecule has 20 heavy (non-hydrogen) atoms. The van der Waals surface area contributed by atoms with Crippen LogP contribution < -0.4 is 10.1 Å². The molecule has 1 N–H and O–H groups in total. The van der Waals surface area contributed by atoms with E-state index in [0.29, 0.717) is 12.2 Å². The highest BCUT2D eigenvalue weighted by molar-refractivity contribution is 6.28. The minimum Gasteiger partial charge on any atom is -0.464 e. The standard InChI is InChI=1S/C13H12ClN5O/c1-3-20-13-18-11(14)17-12(19-13)16-10-6-9(7-15)5-4-8(10)2/h4-6H,3H2,1-2H3,(H,16,17,18,19). The van der Waals surface area contributed by atoms with Crippen molar-refractivity contribution in [1.29, 1.82) is 5.26 Å². The van der Waals surface area contributed by atoms with Gasteiger partial charge < -0.3 is 10.1 Å². The second-order valence-corrected chi connectivity index (χ2v) is 4.25. The number of anilines is 2. The van der Waals surface area contributed by atoms with Crippen molar-refractivity contribution in [2.75, 3.05) is 11.9 Å². The van der Waals surface area contributed by atoms with Gasteiger partial charge in [-0.1, -0.05) is 6.07 Å². The molecule has 6 nitrogen and oxygen atoms in total. The Balaban J connectivity index is 2.32. The first kappa shape index (κ1) is 14.0. The molecular weight excluding hydrogens is 278 g/mol. The van der Waals surface area contributed by atoms with E-state index in [1.807, 2.05) is 19.9 Å². The fourth-order valence-electron chi connectivity index (χ4n) is 1.53. The predicted molar refractivity (Wildman–Crippen MR) is 75.2 cm³/mol. The minimum absolute atomic E-state index is 0.0417. The monoisotopic (exact) mass is 289 g/mol. The van der Waals surface area contributed by atoms with E-state index in [4.69, 9.17) is 21.6 Å². The number of aryl methyl sites for hydroxylation is 1. The van der Waals surface area contributed by atoms with E-state index in [2.05, 4.69) is 26.3 Å². The van der Waals surface area contributed by atoms with Crippen LogP contribution in [0, 0.1) is 18.3 Å². The molecule has 0 bridgehead atoms. The number of benzene rings is 1. The highest BCUT2D eigenvalue weighted by Gasteiger charge is 2.08. The SMILES string of the molecule is CCOc1nc(Cl)nc(Nc2cc(C#N)ccc2C)n1. The molecule has 0 unspecified atom stereocenters. The zero-order chi connectivity index (χ0) is 14.5. The van der Waals surface area contributed by atoms with Crippen LogP contribution in [-0.4, -0.2) is 21.6 Å². The Morgan fingerprint density at radius 3 is 2.85 bits per heavy atom. The highest BCUT2D eigenvalue weighted by Crippen LogP contribution is 2.21. The second-order valence-electron chi connectivity index (χ2n) is 3.91. The van der Waals surface area contributed by atoms with Crippen molar-refractivity contribution in [1.82, 2.24) is 15.0 Å². The number of hydrogen-bond donors (Lipinski definition) is 1. The molecule has 0 spiro atoms. The summed E-state index contributed by atoms with van der Waals surface area (Å²) in [6.45, 7) is 4.17. The topological polar surface area (TPSA) is 83.7 Å². The van der Waals surface area contributed by atoms with Crippen molar-refractivity contribution in [2.45, 2.75) is 13.8 Å². The van der Waals surface area contributed by atoms with Crippen LogP contribution in [-0.2, 0) is 0 Å². The van der Waals surface area contributed by atoms with Gasteiger partial charge in [-0.3, -0.25) is 0 Å². The Bertz CT molecular complexity index is 668. The number of aromatic nitrogens is 3. The van der Waals surface area contributed by atoms with Crippen LogP contribution in [0.1, 0.15) is 18.1 Å². The molecule has 0 saturated heterocycles. The third-order valence-electron chi connectivity index (χ3n) is 2.47. The van der Waals surface area contributed by atoms with Gasteiger partial charge in [0, 0.05) is 5.69 Å². The van der Waals surface area contributed by atoms with Crippen molar-refractivity contribution in [3.05, 3.63) is 34.6 Å². The van der Waals surface area contributed by atoms with Gasteiger partial charge in [0.25, 0.3) is 0 Å². The quantitative estimate of drug-likeness (QED) is 0.931. The Labute approximate surface area is 121 Å². The first-order valence-corrected chi connectivity index (χ1v) is 6.32. The lowest BCUT2D eigenvalue weighted by molar-refractivity contribution is 0.312. The zero-order valence-corrected chi connectivity index (χ0v) is 11.8. The molecule has 2 aromatic rings. The van der Waals surface area contributed by atoms with Gasteiger partial charge in [0.15, 0.2) is 0 Å². The van der Waals surface area contributed by atoms with Crippen LogP contribution in [0.3, 0.4) is 0 Å². The molecule has 0 aliphatic carbocycles. The number of nitriles is 1. The zero-order valence-electron chi connectivity index (χ0n) is 11.0. The van der Waals surface area contributed by atoms with Crippen molar-refractivity contribution >= 4 is 23.2 Å². The first-order chi connectivity index (χ1) is 9.62. The first-order valence-electron chi connectivity index (χ1n) is 5.94. The molecule has 1 aromatic heterocycles. The average Bonchev–Trinajstić information content (AvgIpc) is 2.41. The summed E-state index contributed by atoms with van der Waals surface area (Å²) in [6, 6.07) is 7.53. The van der Waals surface area contributed by atoms with Gasteiger partial charge in [-0.25, -0.2) is 0 Å². The number of nitrogens with one attached hydrogen (secondary N) is 1. The number of nitrogens with zero attached hydrogens (tertiary/aromatic N) is 4. The maximum absolute atomic E-state index is 8.92. The van der Waals surface area contributed by atoms with E-state index in [-0.39, 0.29) is 17.2 Å². The molecule has 0 fully saturated rings. The molecule has 1 aromatic carbocycles. The van der Waals surface area contributed by atoms with E-state index in [1.165, 1.54) is 0 Å². The summed E-state index contributed by atoms with van der Waals surface area (Å²) in [7, 11) is 0. The van der Waals surface area contributed by atoms with Crippen molar-refractivity contribution in [2.24, 2.45) is 0 Å². The second kappa shape index (κ2) is 6.17. The molecule has 102 valence electrons. The number of rotatable bonds is 4. The maximum atomic E-state index is 8.92. The van der Waals surface area contributed by atoms with Crippen LogP contribution >= 0.6 is 11.6 Å². The molecule has 7 heteroatoms. The van der Waals surface area contributed by atoms with Crippen LogP contribution in [0.4, 0.5) is 11.6 Å². The smallest absolute Gasteiger partial charge is 0.322 e. The molecule has 0 saturated carbocycles. The molecular formula is C13H12ClN5O. The number of halogens is 1. The summed E-state index contributed by atoms with van der Waals surface area (Å²) in [4.78, 5) is 11.9.